The Kier molecular flexibility index (Phi) is 3.46. The number of nitrogens with zero attached hydrogens (tertiary/aromatic N) is 1. The quantitative estimate of drug-likeness (QED) is 0.469. The fourth-order valence-electron chi connectivity index (χ4n) is 5.90. The Hall–Kier alpha value is -3.24. The van der Waals surface area contributed by atoms with Crippen LogP contribution in [-0.2, 0) is 19.8 Å². The zero-order valence-corrected chi connectivity index (χ0v) is 16.5. The van der Waals surface area contributed by atoms with Crippen LogP contribution in [0, 0.1) is 11.8 Å². The fourth-order valence-corrected chi connectivity index (χ4v) is 6.12. The Morgan fingerprint density at radius 2 is 1.37 bits per heavy atom. The Balaban J connectivity index is 1.67. The molecule has 1 fully saturated rings. The zero-order valence-electron chi connectivity index (χ0n) is 15.8. The summed E-state index contributed by atoms with van der Waals surface area (Å²) in [6.45, 7) is 0. The molecule has 0 aromatic heterocycles. The van der Waals surface area contributed by atoms with E-state index < -0.39 is 17.3 Å². The lowest BCUT2D eigenvalue weighted by molar-refractivity contribution is -0.128. The number of halogens is 1. The number of carbonyl (C=O) groups excluding carboxylic acids is 3. The molecule has 7 rings (SSSR count). The lowest BCUT2D eigenvalue weighted by Crippen LogP contribution is -2.54. The van der Waals surface area contributed by atoms with E-state index in [1.54, 1.807) is 24.3 Å². The van der Waals surface area contributed by atoms with Crippen molar-refractivity contribution in [2.75, 3.05) is 4.90 Å². The third kappa shape index (κ3) is 1.86. The molecule has 0 unspecified atom stereocenters. The lowest BCUT2D eigenvalue weighted by Gasteiger charge is -2.51. The van der Waals surface area contributed by atoms with Gasteiger partial charge >= 0.3 is 0 Å². The van der Waals surface area contributed by atoms with Gasteiger partial charge in [-0.25, -0.2) is 4.90 Å². The number of hydrogen-bond acceptors (Lipinski definition) is 3. The van der Waals surface area contributed by atoms with E-state index in [0.29, 0.717) is 10.7 Å². The lowest BCUT2D eigenvalue weighted by atomic mass is 9.48. The van der Waals surface area contributed by atoms with E-state index in [0.717, 1.165) is 28.5 Å². The Morgan fingerprint density at radius 3 is 1.97 bits per heavy atom. The summed E-state index contributed by atoms with van der Waals surface area (Å²) in [7, 11) is 0. The number of aldehydes is 1. The molecule has 5 heteroatoms. The van der Waals surface area contributed by atoms with Gasteiger partial charge < -0.3 is 4.79 Å². The maximum atomic E-state index is 13.8. The summed E-state index contributed by atoms with van der Waals surface area (Å²) in [5, 5.41) is 0.334. The van der Waals surface area contributed by atoms with Crippen LogP contribution in [0.25, 0.3) is 0 Å². The molecule has 146 valence electrons. The van der Waals surface area contributed by atoms with Gasteiger partial charge in [0.15, 0.2) is 0 Å². The molecule has 2 atom stereocenters. The van der Waals surface area contributed by atoms with Crippen LogP contribution < -0.4 is 4.90 Å². The topological polar surface area (TPSA) is 54.5 Å². The van der Waals surface area contributed by atoms with Gasteiger partial charge in [0.05, 0.1) is 28.0 Å². The highest BCUT2D eigenvalue weighted by atomic mass is 35.5. The minimum atomic E-state index is -1.19. The van der Waals surface area contributed by atoms with Crippen molar-refractivity contribution in [3.05, 3.63) is 100 Å². The summed E-state index contributed by atoms with van der Waals surface area (Å²) in [4.78, 5) is 41.5. The summed E-state index contributed by atoms with van der Waals surface area (Å²) in [6.07, 6.45) is 0.874. The van der Waals surface area contributed by atoms with E-state index in [1.807, 2.05) is 48.5 Å². The van der Waals surface area contributed by atoms with Crippen LogP contribution in [0.15, 0.2) is 72.8 Å². The molecule has 1 aliphatic heterocycles. The summed E-state index contributed by atoms with van der Waals surface area (Å²) in [5.74, 6) is -2.34. The Bertz CT molecular complexity index is 1220. The van der Waals surface area contributed by atoms with Gasteiger partial charge in [-0.15, -0.1) is 0 Å². The smallest absolute Gasteiger partial charge is 0.239 e. The number of amides is 2. The van der Waals surface area contributed by atoms with Crippen LogP contribution in [0.3, 0.4) is 0 Å². The fraction of sp³-hybridized carbons (Fsp3) is 0.160. The standard InChI is InChI=1S/C25H16ClNO3/c26-18-11-5-6-12-19(18)27-23(29)21-20-14-7-1-3-9-16(14)25(13-28,22(21)24(27)30)17-10-4-2-8-15(17)20/h1-13,20-22H/t20?,21-,22-,25?/m0/s1. The molecule has 4 nitrogen and oxygen atoms in total. The molecule has 0 radical (unpaired) electrons. The highest BCUT2D eigenvalue weighted by Gasteiger charge is 2.68. The first-order chi connectivity index (χ1) is 14.6. The predicted molar refractivity (Wildman–Crippen MR) is 112 cm³/mol. The van der Waals surface area contributed by atoms with Crippen molar-refractivity contribution < 1.29 is 14.4 Å². The van der Waals surface area contributed by atoms with Crippen molar-refractivity contribution in [2.45, 2.75) is 11.3 Å². The first kappa shape index (κ1) is 17.6. The molecule has 3 aliphatic carbocycles. The summed E-state index contributed by atoms with van der Waals surface area (Å²) in [5.41, 5.74) is 2.74. The number of benzene rings is 3. The minimum Gasteiger partial charge on any atom is -0.302 e. The van der Waals surface area contributed by atoms with Crippen LogP contribution in [0.1, 0.15) is 28.2 Å². The van der Waals surface area contributed by atoms with Crippen molar-refractivity contribution in [3.63, 3.8) is 0 Å². The summed E-state index contributed by atoms with van der Waals surface area (Å²) >= 11 is 6.35. The van der Waals surface area contributed by atoms with Gasteiger partial charge in [-0.1, -0.05) is 72.3 Å². The monoisotopic (exact) mass is 413 g/mol. The average molecular weight is 414 g/mol. The largest absolute Gasteiger partial charge is 0.302 e. The van der Waals surface area contributed by atoms with Crippen molar-refractivity contribution in [2.24, 2.45) is 11.8 Å². The van der Waals surface area contributed by atoms with Crippen LogP contribution in [-0.4, -0.2) is 18.1 Å². The van der Waals surface area contributed by atoms with E-state index in [2.05, 4.69) is 0 Å². The van der Waals surface area contributed by atoms with E-state index in [9.17, 15) is 14.4 Å². The molecular formula is C25H16ClNO3. The van der Waals surface area contributed by atoms with Crippen molar-refractivity contribution in [1.82, 2.24) is 0 Å². The van der Waals surface area contributed by atoms with Crippen molar-refractivity contribution >= 4 is 35.4 Å². The minimum absolute atomic E-state index is 0.270. The van der Waals surface area contributed by atoms with E-state index in [1.165, 1.54) is 4.90 Å². The van der Waals surface area contributed by atoms with Crippen LogP contribution >= 0.6 is 11.6 Å². The van der Waals surface area contributed by atoms with Crippen LogP contribution in [0.5, 0.6) is 0 Å². The molecule has 0 N–H and O–H groups in total. The van der Waals surface area contributed by atoms with Crippen molar-refractivity contribution in [1.29, 1.82) is 0 Å². The van der Waals surface area contributed by atoms with Gasteiger partial charge in [0, 0.05) is 5.92 Å². The second-order valence-corrected chi connectivity index (χ2v) is 8.51. The Labute approximate surface area is 178 Å². The summed E-state index contributed by atoms with van der Waals surface area (Å²) < 4.78 is 0. The number of rotatable bonds is 2. The number of imide groups is 1. The summed E-state index contributed by atoms with van der Waals surface area (Å²) in [6, 6.07) is 22.2. The van der Waals surface area contributed by atoms with E-state index in [-0.39, 0.29) is 17.7 Å². The second kappa shape index (κ2) is 5.89. The molecule has 0 saturated carbocycles. The van der Waals surface area contributed by atoms with Gasteiger partial charge in [-0.05, 0) is 34.4 Å². The predicted octanol–water partition coefficient (Wildman–Crippen LogP) is 4.09. The van der Waals surface area contributed by atoms with Crippen molar-refractivity contribution in [3.8, 4) is 0 Å². The maximum absolute atomic E-state index is 13.8. The molecule has 1 saturated heterocycles. The molecular weight excluding hydrogens is 398 g/mol. The molecule has 4 aliphatic rings. The number of anilines is 1. The third-order valence-electron chi connectivity index (χ3n) is 6.96. The average Bonchev–Trinajstić information content (AvgIpc) is 3.05. The second-order valence-electron chi connectivity index (χ2n) is 8.11. The van der Waals surface area contributed by atoms with E-state index >= 15 is 0 Å². The molecule has 2 bridgehead atoms. The van der Waals surface area contributed by atoms with Crippen LogP contribution in [0.2, 0.25) is 5.02 Å². The first-order valence-corrected chi connectivity index (χ1v) is 10.3. The number of para-hydroxylation sites is 1. The number of hydrogen-bond donors (Lipinski definition) is 0. The SMILES string of the molecule is O=CC12c3ccccc3C(c3ccccc31)[C@@H]1C(=O)N(c3ccccc3Cl)C(=O)[C@H]12. The normalized spacial score (nSPS) is 28.2. The van der Waals surface area contributed by atoms with Gasteiger partial charge in [0.1, 0.15) is 6.29 Å². The Morgan fingerprint density at radius 1 is 0.800 bits per heavy atom. The van der Waals surface area contributed by atoms with Gasteiger partial charge in [0.25, 0.3) is 0 Å². The van der Waals surface area contributed by atoms with Crippen LogP contribution in [0.4, 0.5) is 5.69 Å². The van der Waals surface area contributed by atoms with Gasteiger partial charge in [0.2, 0.25) is 11.8 Å². The highest BCUT2D eigenvalue weighted by Crippen LogP contribution is 2.63. The maximum Gasteiger partial charge on any atom is 0.239 e. The number of carbonyl (C=O) groups is 3. The first-order valence-electron chi connectivity index (χ1n) is 9.88. The van der Waals surface area contributed by atoms with Gasteiger partial charge in [-0.2, -0.15) is 0 Å². The molecule has 0 spiro atoms. The zero-order chi connectivity index (χ0) is 20.6. The molecule has 3 aromatic carbocycles. The molecule has 3 aromatic rings. The molecule has 30 heavy (non-hydrogen) atoms. The van der Waals surface area contributed by atoms with E-state index in [4.69, 9.17) is 11.6 Å². The highest BCUT2D eigenvalue weighted by molar-refractivity contribution is 6.36. The molecule has 1 heterocycles. The van der Waals surface area contributed by atoms with Gasteiger partial charge in [-0.3, -0.25) is 9.59 Å². The molecule has 2 amide bonds. The third-order valence-corrected chi connectivity index (χ3v) is 7.28.